The highest BCUT2D eigenvalue weighted by Crippen LogP contribution is 2.37. The molecule has 4 heterocycles. The first kappa shape index (κ1) is 31.0. The third-order valence-electron chi connectivity index (χ3n) is 9.19. The smallest absolute Gasteiger partial charge is 0.318 e. The average Bonchev–Trinajstić information content (AvgIpc) is 3.42. The summed E-state index contributed by atoms with van der Waals surface area (Å²) in [7, 11) is 3.79. The SMILES string of the molecule is C=C(F)C(=O)N1CCN(c2nc(OC[C@@H]3C[C@@H](OC)CN3C)nc3c2CCN(c2cccc4cccc(Cl)c24)C3)C[C@@H]1CC#N. The van der Waals surface area contributed by atoms with Crippen LogP contribution in [-0.2, 0) is 22.5 Å². The maximum absolute atomic E-state index is 13.8. The molecular weight excluding hydrogens is 597 g/mol. The molecule has 1 aromatic heterocycles. The van der Waals surface area contributed by atoms with E-state index in [9.17, 15) is 14.4 Å². The van der Waals surface area contributed by atoms with Crippen LogP contribution in [0.1, 0.15) is 24.1 Å². The molecule has 0 radical (unpaired) electrons. The second kappa shape index (κ2) is 13.2. The van der Waals surface area contributed by atoms with Crippen LogP contribution in [0.3, 0.4) is 0 Å². The second-order valence-electron chi connectivity index (χ2n) is 11.9. The van der Waals surface area contributed by atoms with E-state index in [1.165, 1.54) is 4.90 Å². The molecule has 2 aromatic carbocycles. The van der Waals surface area contributed by atoms with Crippen molar-refractivity contribution < 1.29 is 18.7 Å². The van der Waals surface area contributed by atoms with Crippen LogP contribution in [0.15, 0.2) is 48.8 Å². The van der Waals surface area contributed by atoms with Crippen LogP contribution in [0, 0.1) is 11.3 Å². The number of aromatic nitrogens is 2. The molecule has 0 saturated carbocycles. The van der Waals surface area contributed by atoms with Gasteiger partial charge in [0.05, 0.1) is 41.9 Å². The molecule has 3 aliphatic heterocycles. The molecule has 0 N–H and O–H groups in total. The van der Waals surface area contributed by atoms with Crippen LogP contribution >= 0.6 is 11.6 Å². The largest absolute Gasteiger partial charge is 0.462 e. The topological polar surface area (TPSA) is 98.1 Å². The van der Waals surface area contributed by atoms with Crippen molar-refractivity contribution in [1.29, 1.82) is 5.26 Å². The van der Waals surface area contributed by atoms with Crippen molar-refractivity contribution in [2.45, 2.75) is 44.0 Å². The Balaban J connectivity index is 1.33. The van der Waals surface area contributed by atoms with E-state index in [1.807, 2.05) is 18.2 Å². The molecule has 1 amide bonds. The molecule has 3 aliphatic rings. The van der Waals surface area contributed by atoms with Gasteiger partial charge in [0.15, 0.2) is 5.83 Å². The fraction of sp³-hybridized carbons (Fsp3) is 0.455. The molecule has 3 atom stereocenters. The Labute approximate surface area is 267 Å². The number of nitrogens with zero attached hydrogens (tertiary/aromatic N) is 7. The van der Waals surface area contributed by atoms with Crippen molar-refractivity contribution in [3.05, 3.63) is 65.1 Å². The third kappa shape index (κ3) is 6.27. The fourth-order valence-electron chi connectivity index (χ4n) is 6.78. The van der Waals surface area contributed by atoms with Crippen molar-refractivity contribution in [3.8, 4) is 12.1 Å². The summed E-state index contributed by atoms with van der Waals surface area (Å²) in [6.45, 7) is 6.68. The molecule has 12 heteroatoms. The van der Waals surface area contributed by atoms with Crippen molar-refractivity contribution in [1.82, 2.24) is 19.8 Å². The van der Waals surface area contributed by atoms with Crippen LogP contribution in [0.25, 0.3) is 10.8 Å². The Morgan fingerprint density at radius 1 is 1.13 bits per heavy atom. The standard InChI is InChI=1S/C33H37ClFN7O3/c1-21(35)32(43)42-15-14-41(17-23(42)10-12-36)31-26-11-13-40(29-9-5-7-22-6-4-8-27(34)30(22)29)19-28(26)37-33(38-31)45-20-24-16-25(44-3)18-39(24)2/h4-9,23-25H,1,10-11,13-20H2,2-3H3/t23-,24-,25+/m0/s1. The fourth-order valence-corrected chi connectivity index (χ4v) is 7.05. The first-order valence-electron chi connectivity index (χ1n) is 15.2. The summed E-state index contributed by atoms with van der Waals surface area (Å²) in [5, 5.41) is 12.3. The number of likely N-dealkylation sites (N-methyl/N-ethyl adjacent to an activating group) is 1. The van der Waals surface area contributed by atoms with Crippen LogP contribution in [-0.4, -0.2) is 97.4 Å². The zero-order valence-electron chi connectivity index (χ0n) is 25.6. The number of anilines is 2. The van der Waals surface area contributed by atoms with Crippen LogP contribution in [0.4, 0.5) is 15.9 Å². The summed E-state index contributed by atoms with van der Waals surface area (Å²) < 4.78 is 25.7. The molecule has 45 heavy (non-hydrogen) atoms. The lowest BCUT2D eigenvalue weighted by molar-refractivity contribution is -0.131. The number of amides is 1. The first-order valence-corrected chi connectivity index (χ1v) is 15.6. The highest BCUT2D eigenvalue weighted by molar-refractivity contribution is 6.36. The number of benzene rings is 2. The van der Waals surface area contributed by atoms with Gasteiger partial charge in [-0.2, -0.15) is 15.2 Å². The summed E-state index contributed by atoms with van der Waals surface area (Å²) in [5.41, 5.74) is 2.90. The summed E-state index contributed by atoms with van der Waals surface area (Å²) in [5.74, 6) is -1.07. The zero-order chi connectivity index (χ0) is 31.7. The molecule has 0 aliphatic carbocycles. The number of ether oxygens (including phenoxy) is 2. The molecule has 0 spiro atoms. The number of likely N-dealkylation sites (tertiary alicyclic amines) is 1. The Kier molecular flexibility index (Phi) is 9.08. The van der Waals surface area contributed by atoms with Gasteiger partial charge in [-0.25, -0.2) is 4.39 Å². The molecule has 0 unspecified atom stereocenters. The van der Waals surface area contributed by atoms with Gasteiger partial charge >= 0.3 is 6.01 Å². The first-order chi connectivity index (χ1) is 21.8. The number of rotatable bonds is 8. The highest BCUT2D eigenvalue weighted by atomic mass is 35.5. The van der Waals surface area contributed by atoms with E-state index in [0.29, 0.717) is 37.7 Å². The quantitative estimate of drug-likeness (QED) is 0.335. The van der Waals surface area contributed by atoms with Gasteiger partial charge in [-0.05, 0) is 37.4 Å². The van der Waals surface area contributed by atoms with Crippen molar-refractivity contribution in [2.24, 2.45) is 0 Å². The minimum atomic E-state index is -1.03. The molecular formula is C33H37ClFN7O3. The molecule has 0 bridgehead atoms. The predicted molar refractivity (Wildman–Crippen MR) is 171 cm³/mol. The van der Waals surface area contributed by atoms with E-state index < -0.39 is 17.8 Å². The molecule has 2 fully saturated rings. The molecule has 3 aromatic rings. The maximum atomic E-state index is 13.8. The van der Waals surface area contributed by atoms with Gasteiger partial charge < -0.3 is 24.2 Å². The maximum Gasteiger partial charge on any atom is 0.318 e. The summed E-state index contributed by atoms with van der Waals surface area (Å²) in [6.07, 6.45) is 1.75. The van der Waals surface area contributed by atoms with Crippen molar-refractivity contribution in [3.63, 3.8) is 0 Å². The van der Waals surface area contributed by atoms with Gasteiger partial charge in [0, 0.05) is 62.5 Å². The Bertz CT molecular complexity index is 1640. The molecule has 10 nitrogen and oxygen atoms in total. The lowest BCUT2D eigenvalue weighted by atomic mass is 10.0. The second-order valence-corrected chi connectivity index (χ2v) is 12.3. The van der Waals surface area contributed by atoms with Gasteiger partial charge in [0.25, 0.3) is 5.91 Å². The Morgan fingerprint density at radius 2 is 1.93 bits per heavy atom. The number of carbonyl (C=O) groups is 1. The average molecular weight is 634 g/mol. The van der Waals surface area contributed by atoms with E-state index >= 15 is 0 Å². The van der Waals surface area contributed by atoms with Gasteiger partial charge in [-0.3, -0.25) is 9.69 Å². The minimum absolute atomic E-state index is 0.0659. The number of nitriles is 1. The van der Waals surface area contributed by atoms with E-state index in [1.54, 1.807) is 7.11 Å². The summed E-state index contributed by atoms with van der Waals surface area (Å²) in [4.78, 5) is 30.4. The third-order valence-corrected chi connectivity index (χ3v) is 9.50. The minimum Gasteiger partial charge on any atom is -0.462 e. The lowest BCUT2D eigenvalue weighted by Gasteiger charge is -2.42. The van der Waals surface area contributed by atoms with Gasteiger partial charge in [-0.1, -0.05) is 42.4 Å². The highest BCUT2D eigenvalue weighted by Gasteiger charge is 2.35. The molecule has 6 rings (SSSR count). The zero-order valence-corrected chi connectivity index (χ0v) is 26.3. The van der Waals surface area contributed by atoms with Crippen molar-refractivity contribution >= 4 is 39.8 Å². The van der Waals surface area contributed by atoms with Crippen LogP contribution < -0.4 is 14.5 Å². The summed E-state index contributed by atoms with van der Waals surface area (Å²) in [6, 6.07) is 14.2. The van der Waals surface area contributed by atoms with E-state index in [-0.39, 0.29) is 31.1 Å². The number of carbonyl (C=O) groups excluding carboxylic acids is 1. The van der Waals surface area contributed by atoms with Crippen molar-refractivity contribution in [2.75, 3.05) is 63.3 Å². The molecule has 236 valence electrons. The molecule has 2 saturated heterocycles. The number of fused-ring (bicyclic) bond motifs is 2. The summed E-state index contributed by atoms with van der Waals surface area (Å²) >= 11 is 6.69. The van der Waals surface area contributed by atoms with E-state index in [4.69, 9.17) is 31.0 Å². The predicted octanol–water partition coefficient (Wildman–Crippen LogP) is 4.36. The normalized spacial score (nSPS) is 21.9. The number of methoxy groups -OCH3 is 1. The lowest BCUT2D eigenvalue weighted by Crippen LogP contribution is -2.55. The monoisotopic (exact) mass is 633 g/mol. The number of hydrogen-bond donors (Lipinski definition) is 0. The number of piperazine rings is 1. The number of halogens is 2. The van der Waals surface area contributed by atoms with Gasteiger partial charge in [-0.15, -0.1) is 0 Å². The van der Waals surface area contributed by atoms with Crippen LogP contribution in [0.5, 0.6) is 6.01 Å². The van der Waals surface area contributed by atoms with Gasteiger partial charge in [0.2, 0.25) is 0 Å². The Morgan fingerprint density at radius 3 is 2.67 bits per heavy atom. The van der Waals surface area contributed by atoms with Gasteiger partial charge in [0.1, 0.15) is 12.4 Å². The Hall–Kier alpha value is -3.98. The van der Waals surface area contributed by atoms with E-state index in [0.717, 1.165) is 53.0 Å². The van der Waals surface area contributed by atoms with E-state index in [2.05, 4.69) is 52.6 Å². The van der Waals surface area contributed by atoms with Crippen LogP contribution in [0.2, 0.25) is 5.02 Å². The number of hydrogen-bond acceptors (Lipinski definition) is 9.